The summed E-state index contributed by atoms with van der Waals surface area (Å²) in [5.74, 6) is -0.758. The van der Waals surface area contributed by atoms with Gasteiger partial charge in [0, 0.05) is 17.8 Å². The van der Waals surface area contributed by atoms with Crippen LogP contribution in [0.5, 0.6) is 0 Å². The van der Waals surface area contributed by atoms with E-state index in [9.17, 15) is 25.0 Å². The van der Waals surface area contributed by atoms with E-state index in [4.69, 9.17) is 0 Å². The Bertz CT molecular complexity index is 1160. The molecule has 32 heavy (non-hydrogen) atoms. The number of hydrazine groups is 1. The quantitative estimate of drug-likeness (QED) is 0.354. The fraction of sp³-hybridized carbons (Fsp3) is 0.150. The van der Waals surface area contributed by atoms with E-state index in [2.05, 4.69) is 26.1 Å². The Labute approximate surface area is 182 Å². The third kappa shape index (κ3) is 5.50. The van der Waals surface area contributed by atoms with Crippen LogP contribution in [-0.4, -0.2) is 25.7 Å². The Kier molecular flexibility index (Phi) is 6.53. The Morgan fingerprint density at radius 1 is 0.938 bits per heavy atom. The fourth-order valence-corrected chi connectivity index (χ4v) is 3.01. The number of aromatic nitrogens is 2. The van der Waals surface area contributed by atoms with Crippen molar-refractivity contribution in [2.24, 2.45) is 0 Å². The maximum atomic E-state index is 12.2. The summed E-state index contributed by atoms with van der Waals surface area (Å²) in [6.07, 6.45) is 1.03. The van der Waals surface area contributed by atoms with Gasteiger partial charge in [-0.3, -0.25) is 35.9 Å². The van der Waals surface area contributed by atoms with Gasteiger partial charge in [-0.2, -0.15) is 0 Å². The number of aryl methyl sites for hydroxylation is 2. The van der Waals surface area contributed by atoms with E-state index in [-0.39, 0.29) is 23.7 Å². The average Bonchev–Trinajstić information content (AvgIpc) is 2.71. The summed E-state index contributed by atoms with van der Waals surface area (Å²) in [6.45, 7) is 3.81. The van der Waals surface area contributed by atoms with Gasteiger partial charge >= 0.3 is 5.69 Å². The van der Waals surface area contributed by atoms with Gasteiger partial charge in [0.15, 0.2) is 0 Å². The molecule has 0 radical (unpaired) electrons. The Balaban J connectivity index is 1.73. The van der Waals surface area contributed by atoms with E-state index in [1.807, 2.05) is 32.0 Å². The van der Waals surface area contributed by atoms with Gasteiger partial charge in [0.05, 0.1) is 16.3 Å². The monoisotopic (exact) mass is 437 g/mol. The predicted octanol–water partition coefficient (Wildman–Crippen LogP) is 3.34. The minimum absolute atomic E-state index is 0.0397. The van der Waals surface area contributed by atoms with Crippen LogP contribution in [-0.2, 0) is 11.2 Å². The lowest BCUT2D eigenvalue weighted by molar-refractivity contribution is -0.384. The van der Waals surface area contributed by atoms with Crippen LogP contribution in [0.2, 0.25) is 0 Å². The Morgan fingerprint density at radius 2 is 1.56 bits per heavy atom. The van der Waals surface area contributed by atoms with Crippen molar-refractivity contribution < 1.29 is 14.6 Å². The van der Waals surface area contributed by atoms with Crippen LogP contribution in [0.3, 0.4) is 0 Å². The van der Waals surface area contributed by atoms with Gasteiger partial charge < -0.3 is 5.32 Å². The number of rotatable bonds is 8. The van der Waals surface area contributed by atoms with Crippen molar-refractivity contribution >= 4 is 34.6 Å². The number of hydrogen-bond donors (Lipinski definition) is 3. The number of carbonyl (C=O) groups excluding carboxylic acids is 1. The van der Waals surface area contributed by atoms with Crippen LogP contribution in [0.1, 0.15) is 16.7 Å². The number of benzene rings is 2. The third-order valence-corrected chi connectivity index (χ3v) is 4.32. The van der Waals surface area contributed by atoms with Gasteiger partial charge in [0.25, 0.3) is 5.69 Å². The SMILES string of the molecule is Cc1cc(C)cc(Nc2ncnc(NNC(=O)Cc3ccc([N+](=O)[O-])cc3)c2[N+](=O)[O-])c1. The van der Waals surface area contributed by atoms with E-state index < -0.39 is 21.4 Å². The first-order valence-corrected chi connectivity index (χ1v) is 9.36. The molecule has 12 nitrogen and oxygen atoms in total. The van der Waals surface area contributed by atoms with Crippen molar-refractivity contribution in [3.05, 3.63) is 85.7 Å². The lowest BCUT2D eigenvalue weighted by Crippen LogP contribution is -2.31. The molecular weight excluding hydrogens is 418 g/mol. The summed E-state index contributed by atoms with van der Waals surface area (Å²) < 4.78 is 0. The molecule has 3 rings (SSSR count). The molecule has 2 aromatic carbocycles. The standard InChI is InChI=1S/C20H19N7O5/c1-12-7-13(2)9-15(8-12)23-19-18(27(31)32)20(22-11-21-19)25-24-17(28)10-14-3-5-16(6-4-14)26(29)30/h3-9,11H,10H2,1-2H3,(H,24,28)(H2,21,22,23,25). The number of hydrogen-bond acceptors (Lipinski definition) is 9. The number of nitro groups is 2. The van der Waals surface area contributed by atoms with Gasteiger partial charge in [-0.15, -0.1) is 0 Å². The molecule has 0 saturated heterocycles. The van der Waals surface area contributed by atoms with Crippen LogP contribution in [0, 0.1) is 34.1 Å². The first kappa shape index (κ1) is 22.1. The summed E-state index contributed by atoms with van der Waals surface area (Å²) in [7, 11) is 0. The minimum Gasteiger partial charge on any atom is -0.334 e. The summed E-state index contributed by atoms with van der Waals surface area (Å²) >= 11 is 0. The number of nitrogens with one attached hydrogen (secondary N) is 3. The highest BCUT2D eigenvalue weighted by atomic mass is 16.6. The van der Waals surface area contributed by atoms with Crippen molar-refractivity contribution in [2.75, 3.05) is 10.7 Å². The van der Waals surface area contributed by atoms with Crippen LogP contribution in [0.25, 0.3) is 0 Å². The molecule has 0 bridgehead atoms. The van der Waals surface area contributed by atoms with Crippen LogP contribution >= 0.6 is 0 Å². The van der Waals surface area contributed by atoms with Gasteiger partial charge in [0.2, 0.25) is 17.5 Å². The van der Waals surface area contributed by atoms with Crippen LogP contribution < -0.4 is 16.2 Å². The fourth-order valence-electron chi connectivity index (χ4n) is 3.01. The molecule has 12 heteroatoms. The summed E-state index contributed by atoms with van der Waals surface area (Å²) in [4.78, 5) is 41.2. The molecule has 3 N–H and O–H groups in total. The number of amides is 1. The van der Waals surface area contributed by atoms with Gasteiger partial charge in [-0.25, -0.2) is 9.97 Å². The molecule has 0 unspecified atom stereocenters. The van der Waals surface area contributed by atoms with E-state index in [0.29, 0.717) is 11.3 Å². The van der Waals surface area contributed by atoms with Crippen molar-refractivity contribution in [2.45, 2.75) is 20.3 Å². The maximum absolute atomic E-state index is 12.2. The molecular formula is C20H19N7O5. The van der Waals surface area contributed by atoms with Crippen molar-refractivity contribution in [3.63, 3.8) is 0 Å². The molecule has 0 spiro atoms. The molecule has 0 saturated carbocycles. The van der Waals surface area contributed by atoms with Gasteiger partial charge in [0.1, 0.15) is 6.33 Å². The summed E-state index contributed by atoms with van der Waals surface area (Å²) in [5, 5.41) is 25.3. The molecule has 3 aromatic rings. The second-order valence-electron chi connectivity index (χ2n) is 6.95. The zero-order valence-corrected chi connectivity index (χ0v) is 17.2. The first-order valence-electron chi connectivity index (χ1n) is 9.36. The molecule has 1 amide bonds. The maximum Gasteiger partial charge on any atom is 0.355 e. The molecule has 164 valence electrons. The van der Waals surface area contributed by atoms with Crippen LogP contribution in [0.4, 0.5) is 28.7 Å². The number of carbonyl (C=O) groups is 1. The molecule has 0 fully saturated rings. The lowest BCUT2D eigenvalue weighted by Gasteiger charge is -2.12. The number of non-ortho nitro benzene ring substituents is 1. The zero-order chi connectivity index (χ0) is 23.3. The summed E-state index contributed by atoms with van der Waals surface area (Å²) in [6, 6.07) is 11.1. The smallest absolute Gasteiger partial charge is 0.334 e. The van der Waals surface area contributed by atoms with Crippen molar-refractivity contribution in [1.29, 1.82) is 0 Å². The highest BCUT2D eigenvalue weighted by molar-refractivity contribution is 5.81. The molecule has 0 aliphatic heterocycles. The lowest BCUT2D eigenvalue weighted by atomic mass is 10.1. The number of nitrogens with zero attached hydrogens (tertiary/aromatic N) is 4. The minimum atomic E-state index is -0.657. The van der Waals surface area contributed by atoms with Gasteiger partial charge in [-0.05, 0) is 42.7 Å². The molecule has 1 aromatic heterocycles. The second kappa shape index (κ2) is 9.47. The van der Waals surface area contributed by atoms with E-state index in [1.165, 1.54) is 24.3 Å². The average molecular weight is 437 g/mol. The largest absolute Gasteiger partial charge is 0.355 e. The van der Waals surface area contributed by atoms with Gasteiger partial charge in [-0.1, -0.05) is 18.2 Å². The summed E-state index contributed by atoms with van der Waals surface area (Å²) in [5.41, 5.74) is 7.37. The topological polar surface area (TPSA) is 165 Å². The Morgan fingerprint density at radius 3 is 2.16 bits per heavy atom. The van der Waals surface area contributed by atoms with Crippen molar-refractivity contribution in [1.82, 2.24) is 15.4 Å². The molecule has 1 heterocycles. The number of nitro benzene ring substituents is 1. The number of anilines is 3. The van der Waals surface area contributed by atoms with Crippen LogP contribution in [0.15, 0.2) is 48.8 Å². The first-order chi connectivity index (χ1) is 15.2. The molecule has 0 aliphatic rings. The highest BCUT2D eigenvalue weighted by Crippen LogP contribution is 2.31. The Hall–Kier alpha value is -4.61. The predicted molar refractivity (Wildman–Crippen MR) is 116 cm³/mol. The molecule has 0 aliphatic carbocycles. The normalized spacial score (nSPS) is 10.3. The molecule has 0 atom stereocenters. The third-order valence-electron chi connectivity index (χ3n) is 4.32. The second-order valence-corrected chi connectivity index (χ2v) is 6.95. The van der Waals surface area contributed by atoms with Crippen molar-refractivity contribution in [3.8, 4) is 0 Å². The van der Waals surface area contributed by atoms with E-state index in [0.717, 1.165) is 17.5 Å². The zero-order valence-electron chi connectivity index (χ0n) is 17.2. The highest BCUT2D eigenvalue weighted by Gasteiger charge is 2.23. The van der Waals surface area contributed by atoms with E-state index in [1.54, 1.807) is 0 Å². The van der Waals surface area contributed by atoms with E-state index >= 15 is 0 Å².